The molecule has 1 aliphatic carbocycles. The molecule has 1 aromatic carbocycles. The standard InChI is InChI=1S/C22H23N3O3/c26-22(20-14-27-18-5-1-2-6-19(18)28-20)24-16-7-9-17(10-8-16)25-13-3-4-15-11-12-23-21(15)25/h1-6,11-13,16-17,20H,7-10,14H2,(H,24,26). The Labute approximate surface area is 163 Å². The molecule has 3 aliphatic heterocycles. The number of rotatable bonds is 3. The van der Waals surface area contributed by atoms with Crippen LogP contribution in [0.25, 0.3) is 11.4 Å². The van der Waals surface area contributed by atoms with Crippen LogP contribution in [0.5, 0.6) is 11.5 Å². The molecule has 4 aliphatic rings. The zero-order valence-electron chi connectivity index (χ0n) is 15.6. The van der Waals surface area contributed by atoms with E-state index in [9.17, 15) is 4.79 Å². The molecule has 6 heteroatoms. The third-order valence-corrected chi connectivity index (χ3v) is 5.71. The van der Waals surface area contributed by atoms with Gasteiger partial charge in [0.25, 0.3) is 5.91 Å². The predicted octanol–water partition coefficient (Wildman–Crippen LogP) is 3.43. The van der Waals surface area contributed by atoms with Crippen molar-refractivity contribution in [2.75, 3.05) is 6.61 Å². The third kappa shape index (κ3) is 3.19. The van der Waals surface area contributed by atoms with E-state index in [0.717, 1.165) is 31.5 Å². The van der Waals surface area contributed by atoms with Gasteiger partial charge >= 0.3 is 0 Å². The largest absolute Gasteiger partial charge is 0.485 e. The van der Waals surface area contributed by atoms with Crippen molar-refractivity contribution < 1.29 is 14.3 Å². The molecule has 6 nitrogen and oxygen atoms in total. The van der Waals surface area contributed by atoms with Crippen LogP contribution in [0.2, 0.25) is 0 Å². The van der Waals surface area contributed by atoms with Crippen LogP contribution in [0, 0.1) is 0 Å². The van der Waals surface area contributed by atoms with E-state index >= 15 is 0 Å². The second-order valence-electron chi connectivity index (χ2n) is 7.52. The Kier molecular flexibility index (Phi) is 4.39. The van der Waals surface area contributed by atoms with Crippen molar-refractivity contribution in [2.45, 2.75) is 43.9 Å². The molecular weight excluding hydrogens is 354 g/mol. The molecule has 0 spiro atoms. The summed E-state index contributed by atoms with van der Waals surface area (Å²) in [6.07, 6.45) is 7.32. The molecule has 3 heterocycles. The van der Waals surface area contributed by atoms with Crippen LogP contribution in [0.1, 0.15) is 31.7 Å². The number of para-hydroxylation sites is 2. The van der Waals surface area contributed by atoms with Gasteiger partial charge in [-0.05, 0) is 56.0 Å². The van der Waals surface area contributed by atoms with E-state index in [1.165, 1.54) is 5.56 Å². The summed E-state index contributed by atoms with van der Waals surface area (Å²) in [5, 5.41) is 3.15. The van der Waals surface area contributed by atoms with Crippen molar-refractivity contribution >= 4 is 5.91 Å². The van der Waals surface area contributed by atoms with Crippen molar-refractivity contribution in [2.24, 2.45) is 0 Å². The van der Waals surface area contributed by atoms with Gasteiger partial charge in [-0.15, -0.1) is 0 Å². The molecular formula is C22H23N3O3. The van der Waals surface area contributed by atoms with Gasteiger partial charge in [0, 0.05) is 30.0 Å². The smallest absolute Gasteiger partial charge is 0.264 e. The van der Waals surface area contributed by atoms with Gasteiger partial charge in [-0.3, -0.25) is 4.79 Å². The fraction of sp³-hybridized carbons (Fsp3) is 0.364. The molecule has 1 saturated carbocycles. The first-order valence-corrected chi connectivity index (χ1v) is 9.88. The first-order valence-electron chi connectivity index (χ1n) is 9.88. The summed E-state index contributed by atoms with van der Waals surface area (Å²) in [4.78, 5) is 17.1. The first kappa shape index (κ1) is 17.1. The molecule has 0 aromatic heterocycles. The highest BCUT2D eigenvalue weighted by Gasteiger charge is 2.31. The summed E-state index contributed by atoms with van der Waals surface area (Å²) in [6, 6.07) is 14.3. The highest BCUT2D eigenvalue weighted by Crippen LogP contribution is 2.33. The predicted molar refractivity (Wildman–Crippen MR) is 105 cm³/mol. The topological polar surface area (TPSA) is 65.4 Å². The van der Waals surface area contributed by atoms with Crippen LogP contribution in [-0.2, 0) is 4.79 Å². The number of fused-ring (bicyclic) bond motifs is 2. The van der Waals surface area contributed by atoms with Crippen molar-refractivity contribution in [3.8, 4) is 22.9 Å². The Balaban J connectivity index is 1.18. The summed E-state index contributed by atoms with van der Waals surface area (Å²) in [7, 11) is 0. The minimum atomic E-state index is -0.593. The summed E-state index contributed by atoms with van der Waals surface area (Å²) in [6.45, 7) is 0.249. The van der Waals surface area contributed by atoms with E-state index < -0.39 is 6.10 Å². The summed E-state index contributed by atoms with van der Waals surface area (Å²) in [5.74, 6) is 2.27. The lowest BCUT2D eigenvalue weighted by Crippen LogP contribution is -2.48. The van der Waals surface area contributed by atoms with Crippen LogP contribution >= 0.6 is 0 Å². The molecule has 1 amide bonds. The number of ether oxygens (including phenoxy) is 2. The molecule has 144 valence electrons. The second kappa shape index (κ2) is 7.19. The van der Waals surface area contributed by atoms with Gasteiger partial charge in [0.05, 0.1) is 0 Å². The number of carbonyl (C=O) groups is 1. The monoisotopic (exact) mass is 377 g/mol. The maximum atomic E-state index is 12.6. The van der Waals surface area contributed by atoms with Crippen LogP contribution in [-0.4, -0.2) is 34.2 Å². The highest BCUT2D eigenvalue weighted by atomic mass is 16.6. The number of benzene rings is 1. The van der Waals surface area contributed by atoms with Crippen molar-refractivity contribution in [3.05, 3.63) is 54.9 Å². The number of hydrogen-bond donors (Lipinski definition) is 1. The maximum Gasteiger partial charge on any atom is 0.264 e. The normalized spacial score (nSPS) is 24.1. The Morgan fingerprint density at radius 3 is 2.71 bits per heavy atom. The molecule has 28 heavy (non-hydrogen) atoms. The Hall–Kier alpha value is -3.02. The summed E-state index contributed by atoms with van der Waals surface area (Å²) < 4.78 is 13.8. The first-order chi connectivity index (χ1) is 13.8. The maximum absolute atomic E-state index is 12.6. The van der Waals surface area contributed by atoms with Gasteiger partial charge in [0.15, 0.2) is 11.5 Å². The SMILES string of the molecule is O=C(NC1CCC(n2cccc3ccnc2-3)CC1)C1COc2ccccc2O1. The van der Waals surface area contributed by atoms with E-state index in [0.29, 0.717) is 17.5 Å². The van der Waals surface area contributed by atoms with Crippen molar-refractivity contribution in [3.63, 3.8) is 0 Å². The van der Waals surface area contributed by atoms with Crippen LogP contribution in [0.4, 0.5) is 0 Å². The van der Waals surface area contributed by atoms with Gasteiger partial charge in [-0.25, -0.2) is 4.98 Å². The van der Waals surface area contributed by atoms with Crippen LogP contribution in [0.15, 0.2) is 54.9 Å². The van der Waals surface area contributed by atoms with E-state index in [-0.39, 0.29) is 18.6 Å². The van der Waals surface area contributed by atoms with E-state index in [2.05, 4.69) is 33.2 Å². The van der Waals surface area contributed by atoms with Crippen molar-refractivity contribution in [1.29, 1.82) is 0 Å². The average Bonchev–Trinajstić information content (AvgIpc) is 3.23. The summed E-state index contributed by atoms with van der Waals surface area (Å²) in [5.41, 5.74) is 1.17. The van der Waals surface area contributed by atoms with Gasteiger partial charge in [0.1, 0.15) is 12.4 Å². The highest BCUT2D eigenvalue weighted by molar-refractivity contribution is 5.82. The summed E-state index contributed by atoms with van der Waals surface area (Å²) >= 11 is 0. The fourth-order valence-electron chi connectivity index (χ4n) is 4.23. The Morgan fingerprint density at radius 2 is 1.86 bits per heavy atom. The zero-order valence-corrected chi connectivity index (χ0v) is 15.6. The number of hydrogen-bond acceptors (Lipinski definition) is 4. The number of nitrogens with one attached hydrogen (secondary N) is 1. The van der Waals surface area contributed by atoms with Gasteiger partial charge in [-0.2, -0.15) is 0 Å². The van der Waals surface area contributed by atoms with Gasteiger partial charge < -0.3 is 19.4 Å². The zero-order chi connectivity index (χ0) is 18.9. The molecule has 1 fully saturated rings. The fourth-order valence-corrected chi connectivity index (χ4v) is 4.23. The van der Waals surface area contributed by atoms with E-state index in [1.807, 2.05) is 36.5 Å². The number of amides is 1. The van der Waals surface area contributed by atoms with Crippen LogP contribution < -0.4 is 14.8 Å². The minimum Gasteiger partial charge on any atom is -0.485 e. The molecule has 0 bridgehead atoms. The Bertz CT molecular complexity index is 946. The third-order valence-electron chi connectivity index (χ3n) is 5.71. The second-order valence-corrected chi connectivity index (χ2v) is 7.52. The van der Waals surface area contributed by atoms with E-state index in [1.54, 1.807) is 0 Å². The Morgan fingerprint density at radius 1 is 1.04 bits per heavy atom. The van der Waals surface area contributed by atoms with Crippen LogP contribution in [0.3, 0.4) is 0 Å². The number of aromatic nitrogens is 2. The number of pyridine rings is 1. The van der Waals surface area contributed by atoms with Gasteiger partial charge in [-0.1, -0.05) is 12.1 Å². The lowest BCUT2D eigenvalue weighted by molar-refractivity contribution is -0.131. The average molecular weight is 377 g/mol. The molecule has 1 unspecified atom stereocenters. The number of carbonyl (C=O) groups excluding carboxylic acids is 1. The minimum absolute atomic E-state index is 0.0922. The molecule has 0 radical (unpaired) electrons. The molecule has 1 atom stereocenters. The number of nitrogens with zero attached hydrogens (tertiary/aromatic N) is 2. The lowest BCUT2D eigenvalue weighted by atomic mass is 9.90. The molecule has 0 saturated heterocycles. The molecule has 5 rings (SSSR count). The quantitative estimate of drug-likeness (QED) is 0.760. The lowest BCUT2D eigenvalue weighted by Gasteiger charge is -2.33. The van der Waals surface area contributed by atoms with Crippen molar-refractivity contribution in [1.82, 2.24) is 14.9 Å². The van der Waals surface area contributed by atoms with Gasteiger partial charge in [0.2, 0.25) is 6.10 Å². The molecule has 1 N–H and O–H groups in total. The van der Waals surface area contributed by atoms with E-state index in [4.69, 9.17) is 9.47 Å². The molecule has 1 aromatic rings.